The van der Waals surface area contributed by atoms with Gasteiger partial charge in [0.05, 0.1) is 5.69 Å². The van der Waals surface area contributed by atoms with Crippen LogP contribution >= 0.6 is 15.9 Å². The molecule has 2 aliphatic rings. The van der Waals surface area contributed by atoms with E-state index in [0.717, 1.165) is 11.3 Å². The van der Waals surface area contributed by atoms with Gasteiger partial charge in [0.2, 0.25) is 11.8 Å². The number of carbonyl (C=O) groups is 3. The Balaban J connectivity index is 1.63. The quantitative estimate of drug-likeness (QED) is 0.717. The van der Waals surface area contributed by atoms with Crippen molar-refractivity contribution >= 4 is 45.0 Å². The van der Waals surface area contributed by atoms with Crippen LogP contribution in [-0.2, 0) is 20.8 Å². The second-order valence-corrected chi connectivity index (χ2v) is 8.20. The zero-order valence-electron chi connectivity index (χ0n) is 16.2. The lowest BCUT2D eigenvalue weighted by Crippen LogP contribution is -2.32. The molecule has 0 saturated heterocycles. The van der Waals surface area contributed by atoms with Crippen LogP contribution in [0.1, 0.15) is 29.9 Å². The predicted octanol–water partition coefficient (Wildman–Crippen LogP) is 3.62. The highest BCUT2D eigenvalue weighted by Crippen LogP contribution is 2.36. The number of amides is 3. The number of anilines is 2. The maximum atomic E-state index is 13.3. The van der Waals surface area contributed by atoms with Crippen molar-refractivity contribution in [1.82, 2.24) is 5.32 Å². The van der Waals surface area contributed by atoms with Crippen LogP contribution in [0.3, 0.4) is 0 Å². The number of nitrogens with one attached hydrogen (secondary N) is 2. The molecule has 0 bridgehead atoms. The van der Waals surface area contributed by atoms with Crippen LogP contribution in [0.25, 0.3) is 0 Å². The first-order valence-corrected chi connectivity index (χ1v) is 10.3. The standard InChI is InChI=1S/C22H19BrFN3O3/c1-27-19-10-18(17(23)8-13(19)4-7-21(27)29)26-22(30)16-11-25-20(28)9-15(16)12-2-5-14(24)6-3-12/h2-3,5-6,8,10-11,15H,4,7,9H2,1H3,(H,25,28)(H,26,30)/t15-/m0/s1. The first kappa shape index (κ1) is 20.3. The Morgan fingerprint density at radius 2 is 1.93 bits per heavy atom. The van der Waals surface area contributed by atoms with Crippen molar-refractivity contribution in [1.29, 1.82) is 0 Å². The van der Waals surface area contributed by atoms with Crippen LogP contribution in [0.4, 0.5) is 15.8 Å². The molecule has 0 spiro atoms. The number of carbonyl (C=O) groups excluding carboxylic acids is 3. The van der Waals surface area contributed by atoms with Crippen molar-refractivity contribution in [2.24, 2.45) is 0 Å². The number of hydrogen-bond acceptors (Lipinski definition) is 3. The zero-order chi connectivity index (χ0) is 21.4. The van der Waals surface area contributed by atoms with Crippen LogP contribution in [0.2, 0.25) is 0 Å². The third-order valence-electron chi connectivity index (χ3n) is 5.45. The fourth-order valence-electron chi connectivity index (χ4n) is 3.78. The van der Waals surface area contributed by atoms with Crippen LogP contribution in [-0.4, -0.2) is 24.8 Å². The number of halogens is 2. The van der Waals surface area contributed by atoms with E-state index >= 15 is 0 Å². The molecular formula is C22H19BrFN3O3. The number of aryl methyl sites for hydroxylation is 1. The Hall–Kier alpha value is -3.00. The van der Waals surface area contributed by atoms with Crippen LogP contribution < -0.4 is 15.5 Å². The van der Waals surface area contributed by atoms with Gasteiger partial charge in [-0.25, -0.2) is 4.39 Å². The average Bonchev–Trinajstić information content (AvgIpc) is 2.72. The Bertz CT molecular complexity index is 1080. The number of benzene rings is 2. The van der Waals surface area contributed by atoms with E-state index in [9.17, 15) is 18.8 Å². The molecule has 30 heavy (non-hydrogen) atoms. The van der Waals surface area contributed by atoms with Gasteiger partial charge < -0.3 is 15.5 Å². The third-order valence-corrected chi connectivity index (χ3v) is 6.10. The molecule has 6 nitrogen and oxygen atoms in total. The van der Waals surface area contributed by atoms with Gasteiger partial charge in [-0.05, 0) is 57.7 Å². The SMILES string of the molecule is CN1C(=O)CCc2cc(Br)c(NC(=O)C3=CNC(=O)C[C@H]3c3ccc(F)cc3)cc21. The molecule has 0 aliphatic carbocycles. The van der Waals surface area contributed by atoms with Crippen LogP contribution in [0, 0.1) is 5.82 Å². The molecule has 2 aliphatic heterocycles. The van der Waals surface area contributed by atoms with Gasteiger partial charge >= 0.3 is 0 Å². The highest BCUT2D eigenvalue weighted by Gasteiger charge is 2.30. The fraction of sp³-hybridized carbons (Fsp3) is 0.227. The molecule has 4 rings (SSSR count). The van der Waals surface area contributed by atoms with Crippen molar-refractivity contribution in [3.63, 3.8) is 0 Å². The highest BCUT2D eigenvalue weighted by atomic mass is 79.9. The molecule has 1 atom stereocenters. The van der Waals surface area contributed by atoms with Gasteiger partial charge in [-0.15, -0.1) is 0 Å². The number of nitrogens with zero attached hydrogens (tertiary/aromatic N) is 1. The molecule has 0 unspecified atom stereocenters. The second kappa shape index (κ2) is 8.02. The minimum Gasteiger partial charge on any atom is -0.332 e. The van der Waals surface area contributed by atoms with Gasteiger partial charge in [-0.3, -0.25) is 14.4 Å². The first-order valence-electron chi connectivity index (χ1n) is 9.48. The summed E-state index contributed by atoms with van der Waals surface area (Å²) in [5, 5.41) is 5.46. The van der Waals surface area contributed by atoms with Crippen molar-refractivity contribution in [2.45, 2.75) is 25.2 Å². The molecule has 2 heterocycles. The lowest BCUT2D eigenvalue weighted by molar-refractivity contribution is -0.121. The molecule has 2 aromatic carbocycles. The van der Waals surface area contributed by atoms with E-state index in [2.05, 4.69) is 26.6 Å². The van der Waals surface area contributed by atoms with Crippen molar-refractivity contribution in [2.75, 3.05) is 17.3 Å². The van der Waals surface area contributed by atoms with Gasteiger partial charge in [0.15, 0.2) is 0 Å². The first-order chi connectivity index (χ1) is 14.3. The fourth-order valence-corrected chi connectivity index (χ4v) is 4.27. The maximum Gasteiger partial charge on any atom is 0.253 e. The topological polar surface area (TPSA) is 78.5 Å². The highest BCUT2D eigenvalue weighted by molar-refractivity contribution is 9.10. The van der Waals surface area contributed by atoms with E-state index in [-0.39, 0.29) is 30.0 Å². The minimum atomic E-state index is -0.486. The van der Waals surface area contributed by atoms with E-state index < -0.39 is 5.92 Å². The van der Waals surface area contributed by atoms with Crippen LogP contribution in [0.5, 0.6) is 0 Å². The van der Waals surface area contributed by atoms with Gasteiger partial charge in [-0.2, -0.15) is 0 Å². The lowest BCUT2D eigenvalue weighted by Gasteiger charge is -2.27. The Kier molecular flexibility index (Phi) is 5.42. The molecule has 2 aromatic rings. The summed E-state index contributed by atoms with van der Waals surface area (Å²) in [7, 11) is 1.71. The van der Waals surface area contributed by atoms with Crippen LogP contribution in [0.15, 0.2) is 52.6 Å². The monoisotopic (exact) mass is 471 g/mol. The molecule has 0 radical (unpaired) electrons. The second-order valence-electron chi connectivity index (χ2n) is 7.34. The van der Waals surface area contributed by atoms with E-state index in [4.69, 9.17) is 0 Å². The molecule has 2 N–H and O–H groups in total. The average molecular weight is 472 g/mol. The molecule has 8 heteroatoms. The minimum absolute atomic E-state index is 0.0242. The van der Waals surface area contributed by atoms with Gasteiger partial charge in [0.1, 0.15) is 5.82 Å². The van der Waals surface area contributed by atoms with Gasteiger partial charge in [0, 0.05) is 47.7 Å². The van der Waals surface area contributed by atoms with Crippen molar-refractivity contribution < 1.29 is 18.8 Å². The maximum absolute atomic E-state index is 13.3. The summed E-state index contributed by atoms with van der Waals surface area (Å²) in [4.78, 5) is 38.6. The van der Waals surface area contributed by atoms with E-state index in [1.54, 1.807) is 30.1 Å². The molecule has 0 saturated carbocycles. The summed E-state index contributed by atoms with van der Waals surface area (Å²) < 4.78 is 14.0. The van der Waals surface area contributed by atoms with Crippen molar-refractivity contribution in [3.8, 4) is 0 Å². The van der Waals surface area contributed by atoms with Crippen molar-refractivity contribution in [3.05, 3.63) is 69.6 Å². The summed E-state index contributed by atoms with van der Waals surface area (Å²) in [5.41, 5.74) is 3.36. The number of rotatable bonds is 3. The smallest absolute Gasteiger partial charge is 0.253 e. The van der Waals surface area contributed by atoms with Gasteiger partial charge in [0.25, 0.3) is 5.91 Å². The summed E-state index contributed by atoms with van der Waals surface area (Å²) in [6.45, 7) is 0. The summed E-state index contributed by atoms with van der Waals surface area (Å²) in [6.07, 6.45) is 2.59. The molecule has 0 aromatic heterocycles. The number of fused-ring (bicyclic) bond motifs is 1. The molecule has 3 amide bonds. The molecule has 154 valence electrons. The zero-order valence-corrected chi connectivity index (χ0v) is 17.8. The number of hydrogen-bond donors (Lipinski definition) is 2. The summed E-state index contributed by atoms with van der Waals surface area (Å²) in [5.74, 6) is -1.44. The predicted molar refractivity (Wildman–Crippen MR) is 114 cm³/mol. The molecular weight excluding hydrogens is 453 g/mol. The van der Waals surface area contributed by atoms with E-state index in [1.807, 2.05) is 6.07 Å². The largest absolute Gasteiger partial charge is 0.332 e. The summed E-state index contributed by atoms with van der Waals surface area (Å²) in [6, 6.07) is 9.45. The summed E-state index contributed by atoms with van der Waals surface area (Å²) >= 11 is 3.49. The van der Waals surface area contributed by atoms with Gasteiger partial charge in [-0.1, -0.05) is 12.1 Å². The Morgan fingerprint density at radius 1 is 1.20 bits per heavy atom. The molecule has 0 fully saturated rings. The lowest BCUT2D eigenvalue weighted by atomic mass is 9.86. The van der Waals surface area contributed by atoms with E-state index in [0.29, 0.717) is 34.1 Å². The normalized spacial score (nSPS) is 18.4. The Labute approximate surface area is 181 Å². The Morgan fingerprint density at radius 3 is 2.67 bits per heavy atom. The van der Waals surface area contributed by atoms with E-state index in [1.165, 1.54) is 18.3 Å². The third kappa shape index (κ3) is 3.87.